The summed E-state index contributed by atoms with van der Waals surface area (Å²) in [6.45, 7) is 2.58. The Labute approximate surface area is 160 Å². The molecule has 0 fully saturated rings. The number of ether oxygens (including phenoxy) is 1. The zero-order chi connectivity index (χ0) is 18.7. The van der Waals surface area contributed by atoms with Crippen LogP contribution >= 0.6 is 0 Å². The smallest absolute Gasteiger partial charge is 0.235 e. The molecule has 0 aliphatic heterocycles. The van der Waals surface area contributed by atoms with Gasteiger partial charge < -0.3 is 10.1 Å². The van der Waals surface area contributed by atoms with E-state index in [4.69, 9.17) is 4.74 Å². The molecule has 0 spiro atoms. The molecule has 3 nitrogen and oxygen atoms in total. The summed E-state index contributed by atoms with van der Waals surface area (Å²) in [5, 5.41) is 3.13. The van der Waals surface area contributed by atoms with Gasteiger partial charge in [0.1, 0.15) is 5.75 Å². The Kier molecular flexibility index (Phi) is 4.68. The number of benzene rings is 3. The van der Waals surface area contributed by atoms with Crippen LogP contribution in [0.4, 0.5) is 5.69 Å². The molecule has 3 aromatic carbocycles. The number of hydrogen-bond acceptors (Lipinski definition) is 2. The van der Waals surface area contributed by atoms with Crippen molar-refractivity contribution in [3.63, 3.8) is 0 Å². The van der Waals surface area contributed by atoms with E-state index in [-0.39, 0.29) is 5.91 Å². The van der Waals surface area contributed by atoms with Gasteiger partial charge in [0, 0.05) is 5.69 Å². The van der Waals surface area contributed by atoms with Crippen LogP contribution in [0.15, 0.2) is 78.9 Å². The van der Waals surface area contributed by atoms with Crippen LogP contribution in [0.2, 0.25) is 0 Å². The van der Waals surface area contributed by atoms with E-state index in [2.05, 4.69) is 29.6 Å². The molecule has 4 rings (SSSR count). The van der Waals surface area contributed by atoms with Gasteiger partial charge in [0.2, 0.25) is 5.91 Å². The van der Waals surface area contributed by atoms with Crippen LogP contribution < -0.4 is 10.1 Å². The SMILES string of the molecule is CCOc1ccc(NC(=O)C2(c3ccccc3)Cc3ccccc3C2)cc1. The Morgan fingerprint density at radius 3 is 2.07 bits per heavy atom. The predicted octanol–water partition coefficient (Wildman–Crippen LogP) is 4.76. The highest BCUT2D eigenvalue weighted by molar-refractivity contribution is 6.00. The van der Waals surface area contributed by atoms with Gasteiger partial charge in [0.05, 0.1) is 12.0 Å². The summed E-state index contributed by atoms with van der Waals surface area (Å²) in [4.78, 5) is 13.5. The number of fused-ring (bicyclic) bond motifs is 1. The van der Waals surface area contributed by atoms with E-state index in [9.17, 15) is 4.79 Å². The van der Waals surface area contributed by atoms with Crippen LogP contribution in [0.25, 0.3) is 0 Å². The van der Waals surface area contributed by atoms with E-state index in [1.165, 1.54) is 11.1 Å². The number of hydrogen-bond donors (Lipinski definition) is 1. The van der Waals surface area contributed by atoms with Crippen molar-refractivity contribution < 1.29 is 9.53 Å². The molecule has 0 heterocycles. The highest BCUT2D eigenvalue weighted by Gasteiger charge is 2.45. The monoisotopic (exact) mass is 357 g/mol. The van der Waals surface area contributed by atoms with Crippen LogP contribution in [-0.2, 0) is 23.1 Å². The Balaban J connectivity index is 1.65. The number of carbonyl (C=O) groups excluding carboxylic acids is 1. The lowest BCUT2D eigenvalue weighted by atomic mass is 9.76. The van der Waals surface area contributed by atoms with Gasteiger partial charge in [-0.05, 0) is 60.7 Å². The van der Waals surface area contributed by atoms with Gasteiger partial charge in [0.25, 0.3) is 0 Å². The van der Waals surface area contributed by atoms with Gasteiger partial charge in [-0.1, -0.05) is 54.6 Å². The molecule has 0 atom stereocenters. The molecular weight excluding hydrogens is 334 g/mol. The second kappa shape index (κ2) is 7.28. The maximum atomic E-state index is 13.5. The van der Waals surface area contributed by atoms with Gasteiger partial charge in [-0.3, -0.25) is 4.79 Å². The second-order valence-electron chi connectivity index (χ2n) is 6.98. The quantitative estimate of drug-likeness (QED) is 0.715. The number of rotatable bonds is 5. The van der Waals surface area contributed by atoms with Crippen molar-refractivity contribution in [1.29, 1.82) is 0 Å². The lowest BCUT2D eigenvalue weighted by Crippen LogP contribution is -2.41. The van der Waals surface area contributed by atoms with Crippen molar-refractivity contribution in [2.24, 2.45) is 0 Å². The summed E-state index contributed by atoms with van der Waals surface area (Å²) in [5.74, 6) is 0.843. The zero-order valence-electron chi connectivity index (χ0n) is 15.4. The maximum Gasteiger partial charge on any atom is 0.235 e. The van der Waals surface area contributed by atoms with E-state index in [1.807, 2.05) is 61.5 Å². The minimum Gasteiger partial charge on any atom is -0.494 e. The summed E-state index contributed by atoms with van der Waals surface area (Å²) in [7, 11) is 0. The normalized spacial score (nSPS) is 14.4. The number of anilines is 1. The van der Waals surface area contributed by atoms with Crippen molar-refractivity contribution in [3.05, 3.63) is 95.6 Å². The molecule has 0 unspecified atom stereocenters. The fourth-order valence-electron chi connectivity index (χ4n) is 3.92. The zero-order valence-corrected chi connectivity index (χ0v) is 15.4. The fraction of sp³-hybridized carbons (Fsp3) is 0.208. The fourth-order valence-corrected chi connectivity index (χ4v) is 3.92. The molecule has 0 saturated carbocycles. The van der Waals surface area contributed by atoms with Gasteiger partial charge in [0.15, 0.2) is 0 Å². The third kappa shape index (κ3) is 3.33. The first-order valence-electron chi connectivity index (χ1n) is 9.38. The average molecular weight is 357 g/mol. The van der Waals surface area contributed by atoms with Crippen molar-refractivity contribution >= 4 is 11.6 Å². The highest BCUT2D eigenvalue weighted by atomic mass is 16.5. The Morgan fingerprint density at radius 2 is 1.48 bits per heavy atom. The number of carbonyl (C=O) groups is 1. The second-order valence-corrected chi connectivity index (χ2v) is 6.98. The molecule has 0 aromatic heterocycles. The minimum absolute atomic E-state index is 0.0362. The van der Waals surface area contributed by atoms with Gasteiger partial charge in [-0.25, -0.2) is 0 Å². The molecule has 3 heteroatoms. The average Bonchev–Trinajstić information content (AvgIpc) is 3.11. The lowest BCUT2D eigenvalue weighted by Gasteiger charge is -2.28. The first kappa shape index (κ1) is 17.3. The highest BCUT2D eigenvalue weighted by Crippen LogP contribution is 2.40. The van der Waals surface area contributed by atoms with Gasteiger partial charge in [-0.15, -0.1) is 0 Å². The molecule has 0 bridgehead atoms. The first-order chi connectivity index (χ1) is 13.2. The van der Waals surface area contributed by atoms with Crippen molar-refractivity contribution in [3.8, 4) is 5.75 Å². The third-order valence-corrected chi connectivity index (χ3v) is 5.29. The van der Waals surface area contributed by atoms with Crippen LogP contribution in [-0.4, -0.2) is 12.5 Å². The first-order valence-corrected chi connectivity index (χ1v) is 9.38. The summed E-state index contributed by atoms with van der Waals surface area (Å²) in [6.07, 6.45) is 1.44. The van der Waals surface area contributed by atoms with E-state index in [0.717, 1.165) is 29.8 Å². The summed E-state index contributed by atoms with van der Waals surface area (Å²) >= 11 is 0. The largest absolute Gasteiger partial charge is 0.494 e. The van der Waals surface area contributed by atoms with Crippen LogP contribution in [0, 0.1) is 0 Å². The molecule has 3 aromatic rings. The molecule has 0 radical (unpaired) electrons. The van der Waals surface area contributed by atoms with E-state index in [1.54, 1.807) is 0 Å². The summed E-state index contributed by atoms with van der Waals surface area (Å²) in [6, 6.07) is 26.0. The van der Waals surface area contributed by atoms with E-state index < -0.39 is 5.41 Å². The van der Waals surface area contributed by atoms with Crippen LogP contribution in [0.5, 0.6) is 5.75 Å². The van der Waals surface area contributed by atoms with E-state index >= 15 is 0 Å². The van der Waals surface area contributed by atoms with Crippen molar-refractivity contribution in [2.45, 2.75) is 25.2 Å². The molecule has 27 heavy (non-hydrogen) atoms. The van der Waals surface area contributed by atoms with Crippen molar-refractivity contribution in [1.82, 2.24) is 0 Å². The van der Waals surface area contributed by atoms with Crippen molar-refractivity contribution in [2.75, 3.05) is 11.9 Å². The molecule has 1 aliphatic carbocycles. The van der Waals surface area contributed by atoms with Crippen LogP contribution in [0.3, 0.4) is 0 Å². The minimum atomic E-state index is -0.580. The lowest BCUT2D eigenvalue weighted by molar-refractivity contribution is -0.121. The third-order valence-electron chi connectivity index (χ3n) is 5.29. The predicted molar refractivity (Wildman–Crippen MR) is 108 cm³/mol. The summed E-state index contributed by atoms with van der Waals surface area (Å²) < 4.78 is 5.48. The Morgan fingerprint density at radius 1 is 0.889 bits per heavy atom. The Bertz CT molecular complexity index is 907. The maximum absolute atomic E-state index is 13.5. The standard InChI is InChI=1S/C24H23NO2/c1-2-27-22-14-12-21(13-15-22)25-23(26)24(20-10-4-3-5-11-20)16-18-8-6-7-9-19(18)17-24/h3-15H,2,16-17H2,1H3,(H,25,26). The molecule has 1 amide bonds. The molecule has 1 aliphatic rings. The molecule has 0 saturated heterocycles. The topological polar surface area (TPSA) is 38.3 Å². The number of nitrogens with one attached hydrogen (secondary N) is 1. The van der Waals surface area contributed by atoms with E-state index in [0.29, 0.717) is 6.61 Å². The molecule has 1 N–H and O–H groups in total. The van der Waals surface area contributed by atoms with Crippen LogP contribution in [0.1, 0.15) is 23.6 Å². The van der Waals surface area contributed by atoms with Gasteiger partial charge >= 0.3 is 0 Å². The molecular formula is C24H23NO2. The molecule has 136 valence electrons. The number of amides is 1. The van der Waals surface area contributed by atoms with Gasteiger partial charge in [-0.2, -0.15) is 0 Å². The Hall–Kier alpha value is -3.07. The summed E-state index contributed by atoms with van der Waals surface area (Å²) in [5.41, 5.74) is 3.77.